The zero-order chi connectivity index (χ0) is 18.5. The Bertz CT molecular complexity index is 796. The Morgan fingerprint density at radius 2 is 1.69 bits per heavy atom. The number of carbonyl (C=O) groups excluding carboxylic acids is 1. The third-order valence-electron chi connectivity index (χ3n) is 6.52. The Kier molecular flexibility index (Phi) is 4.39. The number of amides is 1. The molecule has 26 heavy (non-hydrogen) atoms. The van der Waals surface area contributed by atoms with Crippen molar-refractivity contribution in [1.82, 2.24) is 10.0 Å². The van der Waals surface area contributed by atoms with Crippen molar-refractivity contribution in [2.75, 3.05) is 6.54 Å². The van der Waals surface area contributed by atoms with Crippen LogP contribution in [-0.2, 0) is 10.0 Å². The number of benzene rings is 1. The van der Waals surface area contributed by atoms with Crippen molar-refractivity contribution in [2.24, 2.45) is 17.8 Å². The van der Waals surface area contributed by atoms with Gasteiger partial charge in [-0.3, -0.25) is 4.79 Å². The lowest BCUT2D eigenvalue weighted by Crippen LogP contribution is -2.59. The zero-order valence-corrected chi connectivity index (χ0v) is 16.4. The Hall–Kier alpha value is -1.40. The molecule has 0 aromatic heterocycles. The van der Waals surface area contributed by atoms with Crippen LogP contribution in [0.25, 0.3) is 0 Å². The van der Waals surface area contributed by atoms with Crippen molar-refractivity contribution < 1.29 is 13.2 Å². The molecule has 142 valence electrons. The molecule has 0 saturated heterocycles. The predicted octanol–water partition coefficient (Wildman–Crippen LogP) is 2.99. The van der Waals surface area contributed by atoms with E-state index in [-0.39, 0.29) is 16.3 Å². The summed E-state index contributed by atoms with van der Waals surface area (Å²) in [5.74, 6) is 2.13. The van der Waals surface area contributed by atoms with Gasteiger partial charge in [-0.25, -0.2) is 13.1 Å². The Labute approximate surface area is 156 Å². The normalized spacial score (nSPS) is 32.6. The second-order valence-corrected chi connectivity index (χ2v) is 10.4. The van der Waals surface area contributed by atoms with Crippen molar-refractivity contribution in [1.29, 1.82) is 0 Å². The molecule has 4 saturated carbocycles. The monoisotopic (exact) mass is 376 g/mol. The predicted molar refractivity (Wildman–Crippen MR) is 100 cm³/mol. The van der Waals surface area contributed by atoms with Crippen LogP contribution in [0.15, 0.2) is 23.1 Å². The molecule has 4 bridgehead atoms. The molecular formula is C20H28N2O3S. The number of hydrogen-bond acceptors (Lipinski definition) is 3. The van der Waals surface area contributed by atoms with Crippen LogP contribution in [0.5, 0.6) is 0 Å². The van der Waals surface area contributed by atoms with Gasteiger partial charge in [0.2, 0.25) is 10.0 Å². The van der Waals surface area contributed by atoms with Gasteiger partial charge in [-0.15, -0.1) is 0 Å². The molecule has 5 rings (SSSR count). The minimum absolute atomic E-state index is 0.0746. The molecule has 5 nitrogen and oxygen atoms in total. The highest BCUT2D eigenvalue weighted by Crippen LogP contribution is 2.55. The summed E-state index contributed by atoms with van der Waals surface area (Å²) in [5, 5.41) is 3.34. The summed E-state index contributed by atoms with van der Waals surface area (Å²) in [4.78, 5) is 13.2. The van der Waals surface area contributed by atoms with Gasteiger partial charge < -0.3 is 5.32 Å². The summed E-state index contributed by atoms with van der Waals surface area (Å²) in [5.41, 5.74) is 1.21. The van der Waals surface area contributed by atoms with Crippen LogP contribution in [-0.4, -0.2) is 26.4 Å². The molecule has 1 amide bonds. The maximum absolute atomic E-state index is 13.1. The molecule has 0 aliphatic heterocycles. The summed E-state index contributed by atoms with van der Waals surface area (Å²) in [6.45, 7) is 3.93. The Morgan fingerprint density at radius 1 is 1.12 bits per heavy atom. The number of nitrogens with one attached hydrogen (secondary N) is 2. The zero-order valence-electron chi connectivity index (χ0n) is 15.5. The van der Waals surface area contributed by atoms with E-state index in [1.54, 1.807) is 19.1 Å². The molecule has 0 atom stereocenters. The second-order valence-electron chi connectivity index (χ2n) is 8.63. The first-order valence-electron chi connectivity index (χ1n) is 9.73. The lowest BCUT2D eigenvalue weighted by molar-refractivity contribution is -0.0167. The number of carbonyl (C=O) groups is 1. The maximum Gasteiger partial charge on any atom is 0.252 e. The van der Waals surface area contributed by atoms with Crippen molar-refractivity contribution in [3.63, 3.8) is 0 Å². The standard InChI is InChI=1S/C20H28N2O3S/c1-3-21-26(24,25)17-5-4-13(2)18(9-17)19(23)22-20-10-14-6-15(11-20)8-16(7-14)12-20/h4-5,9,14-16,21H,3,6-8,10-12H2,1-2H3,(H,22,23). The van der Waals surface area contributed by atoms with Gasteiger partial charge in [0.25, 0.3) is 5.91 Å². The van der Waals surface area contributed by atoms with E-state index < -0.39 is 10.0 Å². The first-order valence-corrected chi connectivity index (χ1v) is 11.2. The van der Waals surface area contributed by atoms with Crippen LogP contribution >= 0.6 is 0 Å². The average Bonchev–Trinajstić information content (AvgIpc) is 2.53. The number of aryl methyl sites for hydroxylation is 1. The first kappa shape index (κ1) is 18.0. The summed E-state index contributed by atoms with van der Waals surface area (Å²) in [6, 6.07) is 4.80. The van der Waals surface area contributed by atoms with Crippen LogP contribution in [0.3, 0.4) is 0 Å². The molecule has 0 radical (unpaired) electrons. The molecule has 0 heterocycles. The van der Waals surface area contributed by atoms with Gasteiger partial charge in [-0.1, -0.05) is 13.0 Å². The molecule has 4 fully saturated rings. The van der Waals surface area contributed by atoms with Crippen molar-refractivity contribution in [2.45, 2.75) is 62.8 Å². The summed E-state index contributed by atoms with van der Waals surface area (Å²) in [6.07, 6.45) is 7.22. The minimum atomic E-state index is -3.57. The van der Waals surface area contributed by atoms with Gasteiger partial charge >= 0.3 is 0 Å². The van der Waals surface area contributed by atoms with Crippen LogP contribution in [0, 0.1) is 24.7 Å². The van der Waals surface area contributed by atoms with E-state index in [0.29, 0.717) is 12.1 Å². The number of sulfonamides is 1. The quantitative estimate of drug-likeness (QED) is 0.829. The lowest BCUT2D eigenvalue weighted by atomic mass is 9.53. The molecule has 4 aliphatic rings. The fraction of sp³-hybridized carbons (Fsp3) is 0.650. The Balaban J connectivity index is 1.59. The van der Waals surface area contributed by atoms with Crippen LogP contribution < -0.4 is 10.0 Å². The molecule has 1 aromatic carbocycles. The van der Waals surface area contributed by atoms with Gasteiger partial charge in [0.15, 0.2) is 0 Å². The maximum atomic E-state index is 13.1. The molecule has 2 N–H and O–H groups in total. The van der Waals surface area contributed by atoms with Gasteiger partial charge in [-0.05, 0) is 80.9 Å². The molecule has 0 unspecified atom stereocenters. The van der Waals surface area contributed by atoms with E-state index in [1.165, 1.54) is 25.3 Å². The molecule has 4 aliphatic carbocycles. The molecular weight excluding hydrogens is 348 g/mol. The van der Waals surface area contributed by atoms with Crippen LogP contribution in [0.2, 0.25) is 0 Å². The van der Waals surface area contributed by atoms with E-state index in [2.05, 4.69) is 10.0 Å². The van der Waals surface area contributed by atoms with E-state index in [4.69, 9.17) is 0 Å². The summed E-state index contributed by atoms with van der Waals surface area (Å²) in [7, 11) is -3.57. The van der Waals surface area contributed by atoms with Crippen LogP contribution in [0.1, 0.15) is 61.4 Å². The van der Waals surface area contributed by atoms with Gasteiger partial charge in [0.1, 0.15) is 0 Å². The van der Waals surface area contributed by atoms with E-state index in [1.807, 2.05) is 6.92 Å². The molecule has 1 aromatic rings. The fourth-order valence-electron chi connectivity index (χ4n) is 5.86. The topological polar surface area (TPSA) is 75.3 Å². The van der Waals surface area contributed by atoms with Crippen molar-refractivity contribution in [3.05, 3.63) is 29.3 Å². The minimum Gasteiger partial charge on any atom is -0.347 e. The lowest BCUT2D eigenvalue weighted by Gasteiger charge is -2.56. The van der Waals surface area contributed by atoms with Gasteiger partial charge in [-0.2, -0.15) is 0 Å². The van der Waals surface area contributed by atoms with Crippen molar-refractivity contribution >= 4 is 15.9 Å². The van der Waals surface area contributed by atoms with Crippen molar-refractivity contribution in [3.8, 4) is 0 Å². The summed E-state index contributed by atoms with van der Waals surface area (Å²) >= 11 is 0. The first-order chi connectivity index (χ1) is 12.3. The fourth-order valence-corrected chi connectivity index (χ4v) is 6.93. The highest BCUT2D eigenvalue weighted by atomic mass is 32.2. The SMILES string of the molecule is CCNS(=O)(=O)c1ccc(C)c(C(=O)NC23CC4CC(CC(C4)C2)C3)c1. The van der Waals surface area contributed by atoms with E-state index in [9.17, 15) is 13.2 Å². The summed E-state index contributed by atoms with van der Waals surface area (Å²) < 4.78 is 27.1. The third-order valence-corrected chi connectivity index (χ3v) is 8.06. The van der Waals surface area contributed by atoms with E-state index >= 15 is 0 Å². The third kappa shape index (κ3) is 3.18. The average molecular weight is 377 g/mol. The van der Waals surface area contributed by atoms with E-state index in [0.717, 1.165) is 42.6 Å². The smallest absolute Gasteiger partial charge is 0.252 e. The number of rotatable bonds is 5. The number of hydrogen-bond donors (Lipinski definition) is 2. The largest absolute Gasteiger partial charge is 0.347 e. The van der Waals surface area contributed by atoms with Crippen LogP contribution in [0.4, 0.5) is 0 Å². The van der Waals surface area contributed by atoms with Gasteiger partial charge in [0.05, 0.1) is 4.90 Å². The highest BCUT2D eigenvalue weighted by molar-refractivity contribution is 7.89. The molecule has 0 spiro atoms. The second kappa shape index (κ2) is 6.34. The Morgan fingerprint density at radius 3 is 2.23 bits per heavy atom. The highest BCUT2D eigenvalue weighted by Gasteiger charge is 2.51. The molecule has 6 heteroatoms. The van der Waals surface area contributed by atoms with Gasteiger partial charge in [0, 0.05) is 17.6 Å².